The second-order valence-corrected chi connectivity index (χ2v) is 9.13. The van der Waals surface area contributed by atoms with E-state index in [-0.39, 0.29) is 11.8 Å². The molecule has 1 saturated heterocycles. The summed E-state index contributed by atoms with van der Waals surface area (Å²) < 4.78 is 5.27. The Morgan fingerprint density at radius 3 is 2.32 bits per heavy atom. The molecule has 0 atom stereocenters. The van der Waals surface area contributed by atoms with Gasteiger partial charge >= 0.3 is 0 Å². The minimum absolute atomic E-state index is 0.00658. The van der Waals surface area contributed by atoms with Crippen LogP contribution in [-0.4, -0.2) is 66.4 Å². The van der Waals surface area contributed by atoms with Crippen LogP contribution in [0, 0.1) is 0 Å². The Hall–Kier alpha value is -4.23. The van der Waals surface area contributed by atoms with Gasteiger partial charge in [0.2, 0.25) is 5.91 Å². The minimum atomic E-state index is -0.0125. The molecule has 0 spiro atoms. The number of pyridine rings is 1. The maximum Gasteiger partial charge on any atom is 0.254 e. The van der Waals surface area contributed by atoms with E-state index in [2.05, 4.69) is 10.2 Å². The number of fused-ring (bicyclic) bond motifs is 1. The van der Waals surface area contributed by atoms with E-state index in [1.54, 1.807) is 7.11 Å². The molecule has 2 amide bonds. The van der Waals surface area contributed by atoms with Crippen LogP contribution in [0.15, 0.2) is 84.9 Å². The molecule has 1 aliphatic rings. The summed E-state index contributed by atoms with van der Waals surface area (Å²) in [5.74, 6) is 0.752. The van der Waals surface area contributed by atoms with Crippen molar-refractivity contribution in [1.82, 2.24) is 20.1 Å². The van der Waals surface area contributed by atoms with Gasteiger partial charge in [0.05, 0.1) is 30.4 Å². The number of piperazine rings is 1. The predicted octanol–water partition coefficient (Wildman–Crippen LogP) is 3.98. The Balaban J connectivity index is 1.26. The summed E-state index contributed by atoms with van der Waals surface area (Å²) in [6, 6.07) is 27.2. The number of hydrogen-bond acceptors (Lipinski definition) is 5. The van der Waals surface area contributed by atoms with Crippen LogP contribution in [0.1, 0.15) is 15.9 Å². The quantitative estimate of drug-likeness (QED) is 0.421. The van der Waals surface area contributed by atoms with Gasteiger partial charge in [0.15, 0.2) is 0 Å². The number of nitrogens with one attached hydrogen (secondary N) is 1. The molecule has 1 aliphatic heterocycles. The fourth-order valence-electron chi connectivity index (χ4n) is 4.60. The fourth-order valence-corrected chi connectivity index (χ4v) is 4.60. The largest absolute Gasteiger partial charge is 0.497 e. The van der Waals surface area contributed by atoms with Gasteiger partial charge in [-0.15, -0.1) is 0 Å². The molecule has 7 nitrogen and oxygen atoms in total. The van der Waals surface area contributed by atoms with Gasteiger partial charge in [0.1, 0.15) is 5.75 Å². The molecule has 3 aromatic carbocycles. The maximum atomic E-state index is 13.7. The van der Waals surface area contributed by atoms with Crippen molar-refractivity contribution in [2.75, 3.05) is 39.8 Å². The smallest absolute Gasteiger partial charge is 0.254 e. The first-order valence-electron chi connectivity index (χ1n) is 12.5. The van der Waals surface area contributed by atoms with Crippen molar-refractivity contribution in [2.45, 2.75) is 6.54 Å². The summed E-state index contributed by atoms with van der Waals surface area (Å²) in [4.78, 5) is 34.9. The number of methoxy groups -OCH3 is 1. The van der Waals surface area contributed by atoms with E-state index in [4.69, 9.17) is 9.72 Å². The van der Waals surface area contributed by atoms with Crippen LogP contribution in [0.5, 0.6) is 5.75 Å². The predicted molar refractivity (Wildman–Crippen MR) is 144 cm³/mol. The highest BCUT2D eigenvalue weighted by atomic mass is 16.5. The van der Waals surface area contributed by atoms with Crippen molar-refractivity contribution >= 4 is 22.7 Å². The molecule has 0 unspecified atom stereocenters. The average Bonchev–Trinajstić information content (AvgIpc) is 2.96. The van der Waals surface area contributed by atoms with Crippen LogP contribution >= 0.6 is 0 Å². The summed E-state index contributed by atoms with van der Waals surface area (Å²) in [6.45, 7) is 3.29. The monoisotopic (exact) mass is 494 g/mol. The number of aromatic nitrogens is 1. The summed E-state index contributed by atoms with van der Waals surface area (Å²) in [5, 5.41) is 3.82. The molecule has 0 bridgehead atoms. The first-order valence-corrected chi connectivity index (χ1v) is 12.5. The van der Waals surface area contributed by atoms with E-state index in [9.17, 15) is 9.59 Å². The van der Waals surface area contributed by atoms with Crippen LogP contribution in [0.25, 0.3) is 22.2 Å². The molecule has 4 aromatic rings. The standard InChI is InChI=1S/C30H30N4O3/c1-37-24-13-11-23(12-14-24)28-19-26(25-9-5-6-10-27(25)32-28)30(36)34-17-15-33(16-18-34)21-29(35)31-20-22-7-3-2-4-8-22/h2-14,19H,15-18,20-21H2,1H3,(H,31,35). The number of hydrogen-bond donors (Lipinski definition) is 1. The number of para-hydroxylation sites is 1. The molecular weight excluding hydrogens is 464 g/mol. The Morgan fingerprint density at radius 2 is 1.59 bits per heavy atom. The molecule has 1 fully saturated rings. The third kappa shape index (κ3) is 5.78. The summed E-state index contributed by atoms with van der Waals surface area (Å²) in [6.07, 6.45) is 0. The van der Waals surface area contributed by atoms with Gasteiger partial charge in [0, 0.05) is 43.7 Å². The van der Waals surface area contributed by atoms with E-state index >= 15 is 0 Å². The molecule has 188 valence electrons. The topological polar surface area (TPSA) is 74.8 Å². The molecule has 37 heavy (non-hydrogen) atoms. The normalized spacial score (nSPS) is 13.9. The Kier molecular flexibility index (Phi) is 7.42. The lowest BCUT2D eigenvalue weighted by Gasteiger charge is -2.34. The lowest BCUT2D eigenvalue weighted by molar-refractivity contribution is -0.122. The molecular formula is C30H30N4O3. The van der Waals surface area contributed by atoms with E-state index in [1.165, 1.54) is 0 Å². The minimum Gasteiger partial charge on any atom is -0.497 e. The van der Waals surface area contributed by atoms with Crippen LogP contribution in [-0.2, 0) is 11.3 Å². The second-order valence-electron chi connectivity index (χ2n) is 9.13. The highest BCUT2D eigenvalue weighted by Gasteiger charge is 2.25. The van der Waals surface area contributed by atoms with Crippen LogP contribution < -0.4 is 10.1 Å². The Bertz CT molecular complexity index is 1380. The molecule has 2 heterocycles. The number of ether oxygens (including phenoxy) is 1. The molecule has 1 aromatic heterocycles. The van der Waals surface area contributed by atoms with E-state index < -0.39 is 0 Å². The molecule has 0 saturated carbocycles. The molecule has 0 aliphatic carbocycles. The molecule has 1 N–H and O–H groups in total. The maximum absolute atomic E-state index is 13.7. The number of carbonyl (C=O) groups is 2. The first kappa shape index (κ1) is 24.5. The van der Waals surface area contributed by atoms with E-state index in [0.717, 1.165) is 33.5 Å². The van der Waals surface area contributed by atoms with Crippen LogP contribution in [0.2, 0.25) is 0 Å². The third-order valence-corrected chi connectivity index (χ3v) is 6.69. The lowest BCUT2D eigenvalue weighted by Crippen LogP contribution is -2.51. The van der Waals surface area contributed by atoms with E-state index in [0.29, 0.717) is 44.8 Å². The van der Waals surface area contributed by atoms with Crippen molar-refractivity contribution in [3.05, 3.63) is 96.1 Å². The highest BCUT2D eigenvalue weighted by Crippen LogP contribution is 2.27. The van der Waals surface area contributed by atoms with Gasteiger partial charge in [-0.2, -0.15) is 0 Å². The van der Waals surface area contributed by atoms with Gasteiger partial charge < -0.3 is 15.0 Å². The van der Waals surface area contributed by atoms with Crippen molar-refractivity contribution in [1.29, 1.82) is 0 Å². The van der Waals surface area contributed by atoms with E-state index in [1.807, 2.05) is 89.8 Å². The number of rotatable bonds is 7. The van der Waals surface area contributed by atoms with Crippen molar-refractivity contribution in [3.8, 4) is 17.0 Å². The zero-order chi connectivity index (χ0) is 25.6. The molecule has 0 radical (unpaired) electrons. The molecule has 5 rings (SSSR count). The summed E-state index contributed by atoms with van der Waals surface area (Å²) >= 11 is 0. The van der Waals surface area contributed by atoms with Crippen molar-refractivity contribution < 1.29 is 14.3 Å². The van der Waals surface area contributed by atoms with Gasteiger partial charge in [-0.05, 0) is 42.0 Å². The average molecular weight is 495 g/mol. The SMILES string of the molecule is COc1ccc(-c2cc(C(=O)N3CCN(CC(=O)NCc4ccccc4)CC3)c3ccccc3n2)cc1. The fraction of sp³-hybridized carbons (Fsp3) is 0.233. The van der Waals surface area contributed by atoms with Gasteiger partial charge in [0.25, 0.3) is 5.91 Å². The number of benzene rings is 3. The third-order valence-electron chi connectivity index (χ3n) is 6.69. The van der Waals surface area contributed by atoms with Gasteiger partial charge in [-0.25, -0.2) is 4.98 Å². The Morgan fingerprint density at radius 1 is 0.892 bits per heavy atom. The zero-order valence-electron chi connectivity index (χ0n) is 20.9. The Labute approximate surface area is 216 Å². The zero-order valence-corrected chi connectivity index (χ0v) is 20.9. The van der Waals surface area contributed by atoms with Crippen molar-refractivity contribution in [3.63, 3.8) is 0 Å². The number of nitrogens with zero attached hydrogens (tertiary/aromatic N) is 3. The van der Waals surface area contributed by atoms with Crippen molar-refractivity contribution in [2.24, 2.45) is 0 Å². The number of amides is 2. The second kappa shape index (κ2) is 11.2. The number of carbonyl (C=O) groups excluding carboxylic acids is 2. The summed E-state index contributed by atoms with van der Waals surface area (Å²) in [7, 11) is 1.64. The summed E-state index contributed by atoms with van der Waals surface area (Å²) in [5.41, 5.74) is 4.17. The van der Waals surface area contributed by atoms with Gasteiger partial charge in [-0.3, -0.25) is 14.5 Å². The highest BCUT2D eigenvalue weighted by molar-refractivity contribution is 6.07. The lowest BCUT2D eigenvalue weighted by atomic mass is 10.0. The molecule has 7 heteroatoms. The van der Waals surface area contributed by atoms with Gasteiger partial charge in [-0.1, -0.05) is 48.5 Å². The van der Waals surface area contributed by atoms with Crippen LogP contribution in [0.3, 0.4) is 0 Å². The first-order chi connectivity index (χ1) is 18.1. The van der Waals surface area contributed by atoms with Crippen LogP contribution in [0.4, 0.5) is 0 Å².